The summed E-state index contributed by atoms with van der Waals surface area (Å²) in [7, 11) is 0. The summed E-state index contributed by atoms with van der Waals surface area (Å²) in [5, 5.41) is 5.99. The SMILES string of the molecule is O=C(CNC1CCCCCC1)Nc1cccc(F)c1. The molecule has 1 aromatic carbocycles. The highest BCUT2D eigenvalue weighted by molar-refractivity contribution is 5.92. The summed E-state index contributed by atoms with van der Waals surface area (Å²) in [5.41, 5.74) is 0.507. The average molecular weight is 264 g/mol. The summed E-state index contributed by atoms with van der Waals surface area (Å²) < 4.78 is 13.0. The number of halogens is 1. The van der Waals surface area contributed by atoms with E-state index in [4.69, 9.17) is 0 Å². The molecule has 1 saturated carbocycles. The van der Waals surface area contributed by atoms with Gasteiger partial charge in [-0.2, -0.15) is 0 Å². The number of carbonyl (C=O) groups is 1. The zero-order chi connectivity index (χ0) is 13.5. The van der Waals surface area contributed by atoms with Gasteiger partial charge in [-0.15, -0.1) is 0 Å². The molecule has 1 aliphatic rings. The summed E-state index contributed by atoms with van der Waals surface area (Å²) >= 11 is 0. The molecule has 0 atom stereocenters. The first-order chi connectivity index (χ1) is 9.24. The lowest BCUT2D eigenvalue weighted by Gasteiger charge is -2.15. The molecule has 0 spiro atoms. The van der Waals surface area contributed by atoms with Gasteiger partial charge in [0.25, 0.3) is 0 Å². The van der Waals surface area contributed by atoms with Gasteiger partial charge in [0, 0.05) is 11.7 Å². The first-order valence-electron chi connectivity index (χ1n) is 7.03. The third-order valence-corrected chi connectivity index (χ3v) is 3.51. The van der Waals surface area contributed by atoms with E-state index in [1.54, 1.807) is 12.1 Å². The number of anilines is 1. The molecule has 3 nitrogen and oxygen atoms in total. The van der Waals surface area contributed by atoms with Crippen LogP contribution in [-0.4, -0.2) is 18.5 Å². The lowest BCUT2D eigenvalue weighted by molar-refractivity contribution is -0.115. The molecule has 2 N–H and O–H groups in total. The molecule has 0 aromatic heterocycles. The highest BCUT2D eigenvalue weighted by atomic mass is 19.1. The highest BCUT2D eigenvalue weighted by Gasteiger charge is 2.12. The Morgan fingerprint density at radius 1 is 1.21 bits per heavy atom. The van der Waals surface area contributed by atoms with Crippen LogP contribution >= 0.6 is 0 Å². The van der Waals surface area contributed by atoms with E-state index in [1.807, 2.05) is 0 Å². The van der Waals surface area contributed by atoms with Gasteiger partial charge in [-0.25, -0.2) is 4.39 Å². The van der Waals surface area contributed by atoms with Gasteiger partial charge >= 0.3 is 0 Å². The summed E-state index contributed by atoms with van der Waals surface area (Å²) in [6.45, 7) is 0.293. The Kier molecular flexibility index (Phi) is 5.33. The number of rotatable bonds is 4. The molecule has 0 heterocycles. The summed E-state index contributed by atoms with van der Waals surface area (Å²) in [6, 6.07) is 6.40. The second-order valence-corrected chi connectivity index (χ2v) is 5.13. The minimum Gasteiger partial charge on any atom is -0.325 e. The minimum absolute atomic E-state index is 0.116. The first-order valence-corrected chi connectivity index (χ1v) is 7.03. The Morgan fingerprint density at radius 2 is 1.95 bits per heavy atom. The molecule has 0 unspecified atom stereocenters. The predicted octanol–water partition coefficient (Wildman–Crippen LogP) is 3.08. The molecule has 104 valence electrons. The van der Waals surface area contributed by atoms with E-state index in [-0.39, 0.29) is 11.7 Å². The lowest BCUT2D eigenvalue weighted by Crippen LogP contribution is -2.35. The van der Waals surface area contributed by atoms with Crippen LogP contribution in [-0.2, 0) is 4.79 Å². The summed E-state index contributed by atoms with van der Waals surface area (Å²) in [5.74, 6) is -0.454. The molecule has 1 aliphatic carbocycles. The van der Waals surface area contributed by atoms with Gasteiger partial charge in [-0.3, -0.25) is 4.79 Å². The van der Waals surface area contributed by atoms with Crippen LogP contribution in [0.25, 0.3) is 0 Å². The van der Waals surface area contributed by atoms with Crippen LogP contribution in [0, 0.1) is 5.82 Å². The van der Waals surface area contributed by atoms with Crippen molar-refractivity contribution in [2.45, 2.75) is 44.6 Å². The number of benzene rings is 1. The minimum atomic E-state index is -0.338. The number of hydrogen-bond acceptors (Lipinski definition) is 2. The molecule has 0 bridgehead atoms. The maximum Gasteiger partial charge on any atom is 0.238 e. The van der Waals surface area contributed by atoms with E-state index in [2.05, 4.69) is 10.6 Å². The molecule has 1 aromatic rings. The third-order valence-electron chi connectivity index (χ3n) is 3.51. The molecule has 19 heavy (non-hydrogen) atoms. The maximum absolute atomic E-state index is 13.0. The standard InChI is InChI=1S/C15H21FN2O/c16-12-6-5-9-14(10-12)18-15(19)11-17-13-7-3-1-2-4-8-13/h5-6,9-10,13,17H,1-4,7-8,11H2,(H,18,19). The second kappa shape index (κ2) is 7.24. The van der Waals surface area contributed by atoms with Gasteiger partial charge < -0.3 is 10.6 Å². The Labute approximate surface area is 113 Å². The van der Waals surface area contributed by atoms with Crippen molar-refractivity contribution < 1.29 is 9.18 Å². The summed E-state index contributed by atoms with van der Waals surface area (Å²) in [4.78, 5) is 11.8. The van der Waals surface area contributed by atoms with Crippen molar-refractivity contribution in [1.82, 2.24) is 5.32 Å². The van der Waals surface area contributed by atoms with Crippen LogP contribution in [0.1, 0.15) is 38.5 Å². The number of hydrogen-bond donors (Lipinski definition) is 2. The molecule has 0 aliphatic heterocycles. The monoisotopic (exact) mass is 264 g/mol. The van der Waals surface area contributed by atoms with Gasteiger partial charge in [-0.05, 0) is 31.0 Å². The van der Waals surface area contributed by atoms with E-state index in [9.17, 15) is 9.18 Å². The molecule has 1 fully saturated rings. The van der Waals surface area contributed by atoms with Gasteiger partial charge in [0.2, 0.25) is 5.91 Å². The topological polar surface area (TPSA) is 41.1 Å². The molecule has 1 amide bonds. The lowest BCUT2D eigenvalue weighted by atomic mass is 10.1. The Bertz CT molecular complexity index is 414. The van der Waals surface area contributed by atoms with Crippen LogP contribution in [0.2, 0.25) is 0 Å². The zero-order valence-corrected chi connectivity index (χ0v) is 11.1. The second-order valence-electron chi connectivity index (χ2n) is 5.13. The smallest absolute Gasteiger partial charge is 0.238 e. The van der Waals surface area contributed by atoms with Crippen LogP contribution in [0.5, 0.6) is 0 Å². The number of nitrogens with one attached hydrogen (secondary N) is 2. The van der Waals surface area contributed by atoms with Crippen LogP contribution in [0.3, 0.4) is 0 Å². The van der Waals surface area contributed by atoms with Crippen molar-refractivity contribution in [1.29, 1.82) is 0 Å². The first kappa shape index (κ1) is 14.0. The van der Waals surface area contributed by atoms with E-state index in [1.165, 1.54) is 37.8 Å². The van der Waals surface area contributed by atoms with Crippen molar-refractivity contribution in [2.75, 3.05) is 11.9 Å². The van der Waals surface area contributed by atoms with E-state index in [0.717, 1.165) is 12.8 Å². The molecular formula is C15H21FN2O. The molecule has 0 radical (unpaired) electrons. The highest BCUT2D eigenvalue weighted by Crippen LogP contribution is 2.17. The van der Waals surface area contributed by atoms with E-state index >= 15 is 0 Å². The van der Waals surface area contributed by atoms with Crippen molar-refractivity contribution in [3.63, 3.8) is 0 Å². The van der Waals surface area contributed by atoms with Gasteiger partial charge in [0.15, 0.2) is 0 Å². The molecule has 2 rings (SSSR count). The van der Waals surface area contributed by atoms with E-state index in [0.29, 0.717) is 18.3 Å². The largest absolute Gasteiger partial charge is 0.325 e. The fourth-order valence-corrected chi connectivity index (χ4v) is 2.49. The van der Waals surface area contributed by atoms with E-state index < -0.39 is 0 Å². The van der Waals surface area contributed by atoms with Crippen molar-refractivity contribution >= 4 is 11.6 Å². The normalized spacial score (nSPS) is 16.9. The maximum atomic E-state index is 13.0. The third kappa shape index (κ3) is 4.99. The fraction of sp³-hybridized carbons (Fsp3) is 0.533. The Morgan fingerprint density at radius 3 is 2.63 bits per heavy atom. The Hall–Kier alpha value is -1.42. The van der Waals surface area contributed by atoms with Gasteiger partial charge in [0.05, 0.1) is 6.54 Å². The quantitative estimate of drug-likeness (QED) is 0.821. The zero-order valence-electron chi connectivity index (χ0n) is 11.1. The average Bonchev–Trinajstić information content (AvgIpc) is 2.65. The van der Waals surface area contributed by atoms with Crippen molar-refractivity contribution in [3.05, 3.63) is 30.1 Å². The van der Waals surface area contributed by atoms with Crippen LogP contribution in [0.4, 0.5) is 10.1 Å². The molecule has 0 saturated heterocycles. The van der Waals surface area contributed by atoms with Crippen LogP contribution in [0.15, 0.2) is 24.3 Å². The van der Waals surface area contributed by atoms with Crippen molar-refractivity contribution in [2.24, 2.45) is 0 Å². The van der Waals surface area contributed by atoms with Crippen LogP contribution < -0.4 is 10.6 Å². The predicted molar refractivity (Wildman–Crippen MR) is 74.5 cm³/mol. The molecule has 4 heteroatoms. The van der Waals surface area contributed by atoms with Gasteiger partial charge in [-0.1, -0.05) is 31.7 Å². The number of carbonyl (C=O) groups excluding carboxylic acids is 1. The number of amides is 1. The van der Waals surface area contributed by atoms with Crippen molar-refractivity contribution in [3.8, 4) is 0 Å². The fourth-order valence-electron chi connectivity index (χ4n) is 2.49. The summed E-state index contributed by atoms with van der Waals surface area (Å²) in [6.07, 6.45) is 7.37. The van der Waals surface area contributed by atoms with Gasteiger partial charge in [0.1, 0.15) is 5.82 Å². The molecular weight excluding hydrogens is 243 g/mol. The Balaban J connectivity index is 1.75.